The molecule has 0 aliphatic carbocycles. The van der Waals surface area contributed by atoms with Gasteiger partial charge in [-0.05, 0) is 50.2 Å². The van der Waals surface area contributed by atoms with Gasteiger partial charge in [-0.2, -0.15) is 0 Å². The van der Waals surface area contributed by atoms with Crippen molar-refractivity contribution < 1.29 is 14.7 Å². The largest absolute Gasteiger partial charge is 0.477 e. The molecule has 0 unspecified atom stereocenters. The minimum atomic E-state index is -1.16. The van der Waals surface area contributed by atoms with E-state index in [2.05, 4.69) is 57.8 Å². The Morgan fingerprint density at radius 1 is 0.740 bits per heavy atom. The zero-order chi connectivity index (χ0) is 34.5. The van der Waals surface area contributed by atoms with Gasteiger partial charge in [0.05, 0.1) is 0 Å². The molecule has 0 saturated carbocycles. The molecule has 0 saturated heterocycles. The third-order valence-electron chi connectivity index (χ3n) is 8.99. The second kappa shape index (κ2) is 13.9. The third-order valence-corrected chi connectivity index (χ3v) is 8.99. The van der Waals surface area contributed by atoms with Gasteiger partial charge in [-0.25, -0.2) is 14.5 Å². The summed E-state index contributed by atoms with van der Waals surface area (Å²) >= 11 is 0. The quantitative estimate of drug-likeness (QED) is 0.106. The van der Waals surface area contributed by atoms with Crippen LogP contribution in [0.5, 0.6) is 0 Å². The Morgan fingerprint density at radius 3 is 1.80 bits per heavy atom. The molecule has 0 aliphatic heterocycles. The van der Waals surface area contributed by atoms with Crippen LogP contribution < -0.4 is 0 Å². The number of imidazole rings is 1. The van der Waals surface area contributed by atoms with Gasteiger partial charge in [0.1, 0.15) is 17.1 Å². The molecule has 50 heavy (non-hydrogen) atoms. The lowest BCUT2D eigenvalue weighted by Crippen LogP contribution is -2.39. The van der Waals surface area contributed by atoms with Gasteiger partial charge < -0.3 is 9.67 Å². The van der Waals surface area contributed by atoms with Crippen molar-refractivity contribution in [2.75, 3.05) is 0 Å². The second-order valence-electron chi connectivity index (χ2n) is 12.0. The number of aromatic carboxylic acids is 1. The second-order valence-corrected chi connectivity index (χ2v) is 12.0. The van der Waals surface area contributed by atoms with Gasteiger partial charge in [0.25, 0.3) is 0 Å². The number of carbonyl (C=O) groups excluding carboxylic acids is 1. The summed E-state index contributed by atoms with van der Waals surface area (Å²) < 4.78 is 3.56. The fourth-order valence-electron chi connectivity index (χ4n) is 6.83. The molecular formula is C41H34N6O3. The summed E-state index contributed by atoms with van der Waals surface area (Å²) in [6.45, 7) is 2.41. The van der Waals surface area contributed by atoms with E-state index in [9.17, 15) is 14.7 Å². The first kappa shape index (κ1) is 32.1. The van der Waals surface area contributed by atoms with Crippen LogP contribution in [-0.4, -0.2) is 47.1 Å². The lowest BCUT2D eigenvalue weighted by atomic mass is 9.77. The van der Waals surface area contributed by atoms with Gasteiger partial charge in [-0.15, -0.1) is 5.10 Å². The van der Waals surface area contributed by atoms with Crippen molar-refractivity contribution in [1.29, 1.82) is 0 Å². The SMILES string of the molecule is CCCn1c(Cc2ccc(-c3ccccc3-c3nnnn3C(c3ccccc3)(c3ccccc3)c3ccccc3)cc2)nc(C=O)c1C(=O)O. The Labute approximate surface area is 289 Å². The molecule has 2 heterocycles. The number of carboxylic acids is 1. The molecule has 0 spiro atoms. The number of hydrogen-bond acceptors (Lipinski definition) is 6. The van der Waals surface area contributed by atoms with Crippen LogP contribution in [0.15, 0.2) is 140 Å². The van der Waals surface area contributed by atoms with E-state index in [1.54, 1.807) is 4.57 Å². The van der Waals surface area contributed by atoms with Gasteiger partial charge in [0.2, 0.25) is 0 Å². The molecule has 7 aromatic rings. The molecular weight excluding hydrogens is 624 g/mol. The summed E-state index contributed by atoms with van der Waals surface area (Å²) in [6.07, 6.45) is 1.59. The molecule has 2 aromatic heterocycles. The van der Waals surface area contributed by atoms with Crippen LogP contribution >= 0.6 is 0 Å². The van der Waals surface area contributed by atoms with E-state index < -0.39 is 11.5 Å². The van der Waals surface area contributed by atoms with Crippen molar-refractivity contribution in [2.24, 2.45) is 0 Å². The number of aromatic nitrogens is 6. The summed E-state index contributed by atoms with van der Waals surface area (Å²) in [4.78, 5) is 28.0. The van der Waals surface area contributed by atoms with E-state index in [-0.39, 0.29) is 11.4 Å². The van der Waals surface area contributed by atoms with E-state index in [4.69, 9.17) is 5.21 Å². The first-order valence-corrected chi connectivity index (χ1v) is 16.5. The molecule has 7 rings (SSSR count). The molecule has 0 atom stereocenters. The smallest absolute Gasteiger partial charge is 0.354 e. The summed E-state index contributed by atoms with van der Waals surface area (Å²) in [5, 5.41) is 23.4. The number of tetrazole rings is 1. The number of carbonyl (C=O) groups is 2. The fourth-order valence-corrected chi connectivity index (χ4v) is 6.83. The maximum atomic E-state index is 12.0. The molecule has 9 nitrogen and oxygen atoms in total. The highest BCUT2D eigenvalue weighted by molar-refractivity contribution is 5.94. The zero-order valence-corrected chi connectivity index (χ0v) is 27.4. The Kier molecular flexibility index (Phi) is 8.94. The molecule has 0 aliphatic rings. The highest BCUT2D eigenvalue weighted by atomic mass is 16.4. The summed E-state index contributed by atoms with van der Waals surface area (Å²) in [6, 6.07) is 47.0. The molecule has 0 fully saturated rings. The number of benzene rings is 5. The van der Waals surface area contributed by atoms with Crippen LogP contribution in [0.2, 0.25) is 0 Å². The average molecular weight is 659 g/mol. The van der Waals surface area contributed by atoms with Gasteiger partial charge >= 0.3 is 5.97 Å². The van der Waals surface area contributed by atoms with E-state index in [0.717, 1.165) is 38.9 Å². The molecule has 0 amide bonds. The summed E-state index contributed by atoms with van der Waals surface area (Å²) in [7, 11) is 0. The van der Waals surface area contributed by atoms with Crippen LogP contribution in [-0.2, 0) is 18.5 Å². The monoisotopic (exact) mass is 658 g/mol. The van der Waals surface area contributed by atoms with Crippen molar-refractivity contribution in [3.8, 4) is 22.5 Å². The van der Waals surface area contributed by atoms with E-state index in [1.165, 1.54) is 0 Å². The third kappa shape index (κ3) is 5.68. The molecule has 0 radical (unpaired) electrons. The lowest BCUT2D eigenvalue weighted by molar-refractivity contribution is 0.0681. The highest BCUT2D eigenvalue weighted by Crippen LogP contribution is 2.43. The first-order chi connectivity index (χ1) is 24.6. The lowest BCUT2D eigenvalue weighted by Gasteiger charge is -2.36. The summed E-state index contributed by atoms with van der Waals surface area (Å²) in [5.41, 5.74) is 5.72. The van der Waals surface area contributed by atoms with Crippen molar-refractivity contribution in [2.45, 2.75) is 31.8 Å². The Hall–Kier alpha value is -6.48. The van der Waals surface area contributed by atoms with Gasteiger partial charge in [-0.3, -0.25) is 4.79 Å². The van der Waals surface area contributed by atoms with E-state index in [1.807, 2.05) is 109 Å². The molecule has 9 heteroatoms. The van der Waals surface area contributed by atoms with E-state index in [0.29, 0.717) is 37.3 Å². The standard InChI is InChI=1S/C41H34N6O3/c1-2-26-46-37(42-36(28-48)38(46)40(49)50)27-29-22-24-30(25-23-29)34-20-12-13-21-35(34)39-43-44-45-47(39)41(31-14-6-3-7-15-31,32-16-8-4-9-17-32)33-18-10-5-11-19-33/h3-25,28H,2,26-27H2,1H3,(H,49,50). The number of nitrogens with zero attached hydrogens (tertiary/aromatic N) is 6. The van der Waals surface area contributed by atoms with Gasteiger partial charge in [0, 0.05) is 18.5 Å². The van der Waals surface area contributed by atoms with Crippen LogP contribution in [0.4, 0.5) is 0 Å². The number of rotatable bonds is 12. The minimum absolute atomic E-state index is 0.0539. The normalized spacial score (nSPS) is 11.4. The maximum absolute atomic E-state index is 12.0. The van der Waals surface area contributed by atoms with Gasteiger partial charge in [0.15, 0.2) is 17.8 Å². The predicted octanol–water partition coefficient (Wildman–Crippen LogP) is 7.56. The van der Waals surface area contributed by atoms with Crippen molar-refractivity contribution in [1.82, 2.24) is 29.8 Å². The van der Waals surface area contributed by atoms with Crippen molar-refractivity contribution in [3.05, 3.63) is 179 Å². The van der Waals surface area contributed by atoms with Crippen molar-refractivity contribution in [3.63, 3.8) is 0 Å². The topological polar surface area (TPSA) is 116 Å². The van der Waals surface area contributed by atoms with Crippen LogP contribution in [0.1, 0.15) is 62.4 Å². The average Bonchev–Trinajstić information content (AvgIpc) is 3.79. The Balaban J connectivity index is 1.34. The Morgan fingerprint density at radius 2 is 1.28 bits per heavy atom. The number of aldehydes is 1. The number of carboxylic acid groups (broad SMARTS) is 1. The molecule has 246 valence electrons. The van der Waals surface area contributed by atoms with Crippen LogP contribution in [0, 0.1) is 0 Å². The fraction of sp³-hybridized carbons (Fsp3) is 0.122. The van der Waals surface area contributed by atoms with Gasteiger partial charge in [-0.1, -0.05) is 146 Å². The van der Waals surface area contributed by atoms with Crippen molar-refractivity contribution >= 4 is 12.3 Å². The first-order valence-electron chi connectivity index (χ1n) is 16.5. The highest BCUT2D eigenvalue weighted by Gasteiger charge is 2.42. The number of hydrogen-bond donors (Lipinski definition) is 1. The van der Waals surface area contributed by atoms with Crippen LogP contribution in [0.3, 0.4) is 0 Å². The predicted molar refractivity (Wildman–Crippen MR) is 191 cm³/mol. The zero-order valence-electron chi connectivity index (χ0n) is 27.4. The Bertz CT molecular complexity index is 2150. The van der Waals surface area contributed by atoms with E-state index >= 15 is 0 Å². The molecule has 0 bridgehead atoms. The van der Waals surface area contributed by atoms with Crippen LogP contribution in [0.25, 0.3) is 22.5 Å². The molecule has 1 N–H and O–H groups in total. The minimum Gasteiger partial charge on any atom is -0.477 e. The summed E-state index contributed by atoms with van der Waals surface area (Å²) in [5.74, 6) is -0.0208. The maximum Gasteiger partial charge on any atom is 0.354 e. The molecule has 5 aromatic carbocycles.